The van der Waals surface area contributed by atoms with Crippen LogP contribution in [0.4, 0.5) is 0 Å². The van der Waals surface area contributed by atoms with Crippen LogP contribution in [0.25, 0.3) is 10.8 Å². The summed E-state index contributed by atoms with van der Waals surface area (Å²) in [6.45, 7) is 5.48. The Hall–Kier alpha value is -2.96. The Morgan fingerprint density at radius 2 is 0.870 bits per heavy atom. The first-order valence-corrected chi connectivity index (χ1v) is 7.57. The standard InChI is InChI=1S/C10H8.C9H8.C4H6/c1-2-6-10-8-4-3-7-9(10)5-1;1-2-6-9-7-4-3-5-8-9;1-3-4-2/h1-8H;3-5,7-8H,1H3;1-2H3. The summed E-state index contributed by atoms with van der Waals surface area (Å²) < 4.78 is 0. The number of rotatable bonds is 0. The summed E-state index contributed by atoms with van der Waals surface area (Å²) in [5.41, 5.74) is 1.08. The zero-order valence-electron chi connectivity index (χ0n) is 14.0. The van der Waals surface area contributed by atoms with E-state index >= 15 is 0 Å². The zero-order valence-corrected chi connectivity index (χ0v) is 14.0. The molecule has 0 bridgehead atoms. The summed E-state index contributed by atoms with van der Waals surface area (Å²) in [6.07, 6.45) is 0. The summed E-state index contributed by atoms with van der Waals surface area (Å²) >= 11 is 0. The van der Waals surface area contributed by atoms with Crippen LogP contribution >= 0.6 is 0 Å². The Bertz CT molecular complexity index is 735. The van der Waals surface area contributed by atoms with Crippen molar-refractivity contribution in [1.29, 1.82) is 0 Å². The van der Waals surface area contributed by atoms with Gasteiger partial charge < -0.3 is 0 Å². The van der Waals surface area contributed by atoms with Crippen molar-refractivity contribution in [3.63, 3.8) is 0 Å². The van der Waals surface area contributed by atoms with Crippen molar-refractivity contribution in [1.82, 2.24) is 0 Å². The van der Waals surface area contributed by atoms with E-state index in [1.807, 2.05) is 51.1 Å². The zero-order chi connectivity index (χ0) is 16.8. The van der Waals surface area contributed by atoms with Gasteiger partial charge in [0.15, 0.2) is 0 Å². The lowest BCUT2D eigenvalue weighted by Crippen LogP contribution is -1.67. The smallest absolute Gasteiger partial charge is 0.0245 e. The molecular formula is C23H22. The number of fused-ring (bicyclic) bond motifs is 1. The fourth-order valence-electron chi connectivity index (χ4n) is 1.80. The van der Waals surface area contributed by atoms with Crippen molar-refractivity contribution in [3.05, 3.63) is 84.4 Å². The number of hydrogen-bond acceptors (Lipinski definition) is 0. The summed E-state index contributed by atoms with van der Waals surface area (Å²) in [4.78, 5) is 0. The second-order valence-corrected chi connectivity index (χ2v) is 4.59. The Balaban J connectivity index is 0.000000189. The van der Waals surface area contributed by atoms with Gasteiger partial charge in [-0.15, -0.1) is 17.8 Å². The van der Waals surface area contributed by atoms with Gasteiger partial charge in [-0.25, -0.2) is 0 Å². The van der Waals surface area contributed by atoms with E-state index in [9.17, 15) is 0 Å². The molecule has 3 aromatic rings. The van der Waals surface area contributed by atoms with Crippen LogP contribution < -0.4 is 0 Å². The quantitative estimate of drug-likeness (QED) is 0.451. The second-order valence-electron chi connectivity index (χ2n) is 4.59. The molecule has 0 unspecified atom stereocenters. The molecule has 0 aliphatic heterocycles. The third-order valence-corrected chi connectivity index (χ3v) is 2.95. The van der Waals surface area contributed by atoms with Crippen molar-refractivity contribution in [3.8, 4) is 23.7 Å². The van der Waals surface area contributed by atoms with Crippen molar-refractivity contribution in [2.24, 2.45) is 0 Å². The lowest BCUT2D eigenvalue weighted by atomic mass is 10.1. The molecule has 0 fully saturated rings. The molecule has 0 heteroatoms. The topological polar surface area (TPSA) is 0 Å². The first kappa shape index (κ1) is 18.1. The average molecular weight is 298 g/mol. The van der Waals surface area contributed by atoms with Crippen molar-refractivity contribution in [2.45, 2.75) is 20.8 Å². The van der Waals surface area contributed by atoms with Crippen molar-refractivity contribution in [2.75, 3.05) is 0 Å². The lowest BCUT2D eigenvalue weighted by Gasteiger charge is -1.92. The van der Waals surface area contributed by atoms with Crippen molar-refractivity contribution < 1.29 is 0 Å². The highest BCUT2D eigenvalue weighted by molar-refractivity contribution is 5.81. The predicted octanol–water partition coefficient (Wildman–Crippen LogP) is 5.93. The number of benzene rings is 3. The maximum Gasteiger partial charge on any atom is 0.0245 e. The molecule has 0 atom stereocenters. The van der Waals surface area contributed by atoms with Gasteiger partial charge in [0, 0.05) is 5.56 Å². The minimum Gasteiger partial charge on any atom is -0.107 e. The summed E-state index contributed by atoms with van der Waals surface area (Å²) in [5.74, 6) is 11.2. The second kappa shape index (κ2) is 11.7. The van der Waals surface area contributed by atoms with Gasteiger partial charge in [-0.1, -0.05) is 72.7 Å². The molecule has 114 valence electrons. The number of hydrogen-bond donors (Lipinski definition) is 0. The molecule has 0 radical (unpaired) electrons. The largest absolute Gasteiger partial charge is 0.107 e. The molecule has 3 rings (SSSR count). The minimum atomic E-state index is 1.08. The summed E-state index contributed by atoms with van der Waals surface area (Å²) in [5, 5.41) is 2.62. The van der Waals surface area contributed by atoms with Gasteiger partial charge in [0.1, 0.15) is 0 Å². The van der Waals surface area contributed by atoms with Crippen LogP contribution in [-0.2, 0) is 0 Å². The Kier molecular flexibility index (Phi) is 9.18. The fraction of sp³-hybridized carbons (Fsp3) is 0.130. The Morgan fingerprint density at radius 3 is 1.22 bits per heavy atom. The van der Waals surface area contributed by atoms with E-state index in [1.54, 1.807) is 0 Å². The third-order valence-electron chi connectivity index (χ3n) is 2.95. The Labute approximate surface area is 140 Å². The van der Waals surface area contributed by atoms with E-state index in [1.165, 1.54) is 10.8 Å². The minimum absolute atomic E-state index is 1.08. The monoisotopic (exact) mass is 298 g/mol. The molecular weight excluding hydrogens is 276 g/mol. The lowest BCUT2D eigenvalue weighted by molar-refractivity contribution is 1.64. The summed E-state index contributed by atoms with van der Waals surface area (Å²) in [7, 11) is 0. The molecule has 0 amide bonds. The van der Waals surface area contributed by atoms with Gasteiger partial charge in [0.05, 0.1) is 0 Å². The van der Waals surface area contributed by atoms with Gasteiger partial charge in [-0.05, 0) is 43.7 Å². The molecule has 23 heavy (non-hydrogen) atoms. The van der Waals surface area contributed by atoms with Gasteiger partial charge in [0.2, 0.25) is 0 Å². The van der Waals surface area contributed by atoms with E-state index in [0.717, 1.165) is 5.56 Å². The molecule has 0 aromatic heterocycles. The van der Waals surface area contributed by atoms with Crippen LogP contribution in [0.15, 0.2) is 78.9 Å². The maximum absolute atomic E-state index is 2.96. The molecule has 0 nitrogen and oxygen atoms in total. The molecule has 0 spiro atoms. The van der Waals surface area contributed by atoms with Crippen molar-refractivity contribution >= 4 is 10.8 Å². The molecule has 0 N–H and O–H groups in total. The molecule has 0 saturated heterocycles. The van der Waals surface area contributed by atoms with E-state index in [-0.39, 0.29) is 0 Å². The van der Waals surface area contributed by atoms with Gasteiger partial charge in [-0.2, -0.15) is 0 Å². The van der Waals surface area contributed by atoms with Crippen LogP contribution in [0.5, 0.6) is 0 Å². The maximum atomic E-state index is 2.96. The highest BCUT2D eigenvalue weighted by Crippen LogP contribution is 2.11. The van der Waals surface area contributed by atoms with Crippen LogP contribution in [-0.4, -0.2) is 0 Å². The highest BCUT2D eigenvalue weighted by atomic mass is 13.9. The summed E-state index contributed by atoms with van der Waals surface area (Å²) in [6, 6.07) is 26.7. The van der Waals surface area contributed by atoms with Crippen LogP contribution in [0, 0.1) is 23.7 Å². The molecule has 0 heterocycles. The molecule has 0 aliphatic rings. The highest BCUT2D eigenvalue weighted by Gasteiger charge is 1.85. The first-order valence-electron chi connectivity index (χ1n) is 7.57. The predicted molar refractivity (Wildman–Crippen MR) is 102 cm³/mol. The normalized spacial score (nSPS) is 7.96. The Morgan fingerprint density at radius 1 is 0.478 bits per heavy atom. The van der Waals surface area contributed by atoms with E-state index in [4.69, 9.17) is 0 Å². The van der Waals surface area contributed by atoms with Crippen LogP contribution in [0.2, 0.25) is 0 Å². The van der Waals surface area contributed by atoms with E-state index in [2.05, 4.69) is 72.2 Å². The third kappa shape index (κ3) is 7.56. The average Bonchev–Trinajstić information content (AvgIpc) is 2.64. The molecule has 0 aliphatic carbocycles. The van der Waals surface area contributed by atoms with Gasteiger partial charge in [-0.3, -0.25) is 0 Å². The molecule has 0 saturated carbocycles. The molecule has 3 aromatic carbocycles. The van der Waals surface area contributed by atoms with Gasteiger partial charge in [0.25, 0.3) is 0 Å². The van der Waals surface area contributed by atoms with Gasteiger partial charge >= 0.3 is 0 Å². The first-order chi connectivity index (χ1) is 11.3. The van der Waals surface area contributed by atoms with E-state index < -0.39 is 0 Å². The SMILES string of the molecule is CC#CC.CC#Cc1ccccc1.c1ccc2ccccc2c1. The van der Waals surface area contributed by atoms with Crippen LogP contribution in [0.1, 0.15) is 26.3 Å². The fourth-order valence-corrected chi connectivity index (χ4v) is 1.80. The van der Waals surface area contributed by atoms with Crippen LogP contribution in [0.3, 0.4) is 0 Å². The van der Waals surface area contributed by atoms with E-state index in [0.29, 0.717) is 0 Å².